The van der Waals surface area contributed by atoms with Crippen molar-refractivity contribution in [2.24, 2.45) is 0 Å². The molecule has 0 radical (unpaired) electrons. The molecule has 0 aromatic heterocycles. The van der Waals surface area contributed by atoms with Gasteiger partial charge in [-0.2, -0.15) is 14.7 Å². The summed E-state index contributed by atoms with van der Waals surface area (Å²) in [7, 11) is -9.10. The second-order valence-electron chi connectivity index (χ2n) is 24.0. The molecule has 0 heterocycles. The molecule has 0 aliphatic carbocycles. The topological polar surface area (TPSA) is 94.8 Å². The van der Waals surface area contributed by atoms with Gasteiger partial charge in [0.25, 0.3) is 0 Å². The number of rotatable bonds is 5. The maximum Gasteiger partial charge on any atom is 0.441 e. The van der Waals surface area contributed by atoms with Gasteiger partial charge in [-0.05, 0) is 147 Å². The van der Waals surface area contributed by atoms with Crippen LogP contribution in [0.15, 0.2) is 101 Å². The lowest BCUT2D eigenvalue weighted by Crippen LogP contribution is -2.22. The minimum Gasteiger partial charge on any atom is -0.218 e. The Hall–Kier alpha value is -3.90. The average Bonchev–Trinajstić information content (AvgIpc) is 3.13. The molecule has 336 valence electrons. The van der Waals surface area contributed by atoms with Gasteiger partial charge < -0.3 is 0 Å². The van der Waals surface area contributed by atoms with E-state index < -0.39 is 28.6 Å². The molecule has 0 fully saturated rings. The standard InChI is InChI=1S/C56H72O5PS/c1-51(2,3)36-26-34-28-43(53(7,8)9)41(32-39(34)45(30-36)55(13,14)15)49-47(62(57,58)59)24-25-48(63(60,61)38-22-20-19-21-23-38)50(49)42-33-40-35(29-44(42)54(10,11)12)27-37(52(4,5)6)31-46(40)56(16,17)18/h19-33,57-59H,1-18H3/q+1. The predicted octanol–water partition coefficient (Wildman–Crippen LogP) is 14.3. The van der Waals surface area contributed by atoms with Gasteiger partial charge in [0.2, 0.25) is 9.84 Å². The van der Waals surface area contributed by atoms with Crippen LogP contribution in [0.5, 0.6) is 0 Å². The first kappa shape index (κ1) is 48.6. The van der Waals surface area contributed by atoms with E-state index in [9.17, 15) is 14.7 Å². The smallest absolute Gasteiger partial charge is 0.218 e. The van der Waals surface area contributed by atoms with Crippen molar-refractivity contribution in [3.05, 3.63) is 124 Å². The summed E-state index contributed by atoms with van der Waals surface area (Å²) in [6.45, 7) is 39.3. The van der Waals surface area contributed by atoms with E-state index in [1.165, 1.54) is 23.3 Å². The van der Waals surface area contributed by atoms with Crippen LogP contribution < -0.4 is 5.30 Å². The lowest BCUT2D eigenvalue weighted by molar-refractivity contribution is 0.347. The van der Waals surface area contributed by atoms with Crippen molar-refractivity contribution >= 4 is 44.6 Å². The number of fused-ring (bicyclic) bond motifs is 2. The van der Waals surface area contributed by atoms with E-state index in [4.69, 9.17) is 0 Å². The molecule has 0 bridgehead atoms. The van der Waals surface area contributed by atoms with Crippen LogP contribution in [0.1, 0.15) is 158 Å². The maximum absolute atomic E-state index is 15.4. The number of sulfone groups is 1. The Morgan fingerprint density at radius 2 is 0.794 bits per heavy atom. The van der Waals surface area contributed by atoms with E-state index in [1.807, 2.05) is 0 Å². The van der Waals surface area contributed by atoms with Gasteiger partial charge in [-0.1, -0.05) is 167 Å². The van der Waals surface area contributed by atoms with E-state index >= 15 is 8.42 Å². The molecule has 0 spiro atoms. The molecular weight excluding hydrogens is 816 g/mol. The van der Waals surface area contributed by atoms with Crippen LogP contribution >= 0.6 is 7.94 Å². The summed E-state index contributed by atoms with van der Waals surface area (Å²) in [5.41, 5.74) is 6.44. The predicted molar refractivity (Wildman–Crippen MR) is 270 cm³/mol. The quantitative estimate of drug-likeness (QED) is 0.150. The molecule has 0 aliphatic heterocycles. The summed E-state index contributed by atoms with van der Waals surface area (Å²) in [4.78, 5) is 35.1. The van der Waals surface area contributed by atoms with E-state index in [0.29, 0.717) is 22.3 Å². The Morgan fingerprint density at radius 1 is 0.413 bits per heavy atom. The minimum absolute atomic E-state index is 0.0217. The lowest BCUT2D eigenvalue weighted by atomic mass is 9.73. The fourth-order valence-corrected chi connectivity index (χ4v) is 11.2. The Balaban J connectivity index is 2.00. The van der Waals surface area contributed by atoms with Gasteiger partial charge in [0.15, 0.2) is 5.30 Å². The van der Waals surface area contributed by atoms with Crippen LogP contribution in [-0.2, 0) is 42.3 Å². The molecular formula is C56H72O5PS+. The van der Waals surface area contributed by atoms with Crippen molar-refractivity contribution in [3.8, 4) is 22.3 Å². The highest BCUT2D eigenvalue weighted by Crippen LogP contribution is 2.54. The maximum atomic E-state index is 15.4. The summed E-state index contributed by atoms with van der Waals surface area (Å²) in [6.07, 6.45) is 0. The molecule has 0 atom stereocenters. The monoisotopic (exact) mass is 887 g/mol. The molecule has 5 nitrogen and oxygen atoms in total. The van der Waals surface area contributed by atoms with Crippen molar-refractivity contribution in [2.45, 2.75) is 167 Å². The molecule has 63 heavy (non-hydrogen) atoms. The van der Waals surface area contributed by atoms with E-state index in [0.717, 1.165) is 43.8 Å². The van der Waals surface area contributed by atoms with Crippen LogP contribution in [0.2, 0.25) is 0 Å². The highest BCUT2D eigenvalue weighted by molar-refractivity contribution is 7.91. The second kappa shape index (κ2) is 15.6. The third-order valence-corrected chi connectivity index (χ3v) is 15.3. The molecule has 6 aromatic carbocycles. The third kappa shape index (κ3) is 9.45. The van der Waals surface area contributed by atoms with Crippen molar-refractivity contribution in [2.75, 3.05) is 0 Å². The van der Waals surface area contributed by atoms with Gasteiger partial charge in [-0.15, -0.1) is 0 Å². The van der Waals surface area contributed by atoms with Crippen molar-refractivity contribution in [1.29, 1.82) is 0 Å². The molecule has 6 aromatic rings. The Morgan fingerprint density at radius 3 is 1.14 bits per heavy atom. The van der Waals surface area contributed by atoms with Crippen molar-refractivity contribution in [1.82, 2.24) is 0 Å². The van der Waals surface area contributed by atoms with Crippen LogP contribution in [0.25, 0.3) is 43.8 Å². The van der Waals surface area contributed by atoms with Crippen LogP contribution in [0.4, 0.5) is 0 Å². The largest absolute Gasteiger partial charge is 0.441 e. The number of hydrogen-bond acceptors (Lipinski definition) is 5. The van der Waals surface area contributed by atoms with Gasteiger partial charge in [0, 0.05) is 11.1 Å². The molecule has 6 rings (SSSR count). The Kier molecular flexibility index (Phi) is 12.0. The molecule has 0 unspecified atom stereocenters. The van der Waals surface area contributed by atoms with Crippen molar-refractivity contribution < 1.29 is 23.1 Å². The minimum atomic E-state index is -4.83. The molecule has 0 saturated carbocycles. The van der Waals surface area contributed by atoms with Gasteiger partial charge in [0.05, 0.1) is 9.79 Å². The van der Waals surface area contributed by atoms with Crippen molar-refractivity contribution in [3.63, 3.8) is 0 Å². The summed E-state index contributed by atoms with van der Waals surface area (Å²) in [6, 6.07) is 29.0. The zero-order chi connectivity index (χ0) is 47.4. The molecule has 0 amide bonds. The van der Waals surface area contributed by atoms with E-state index in [1.54, 1.807) is 30.3 Å². The highest BCUT2D eigenvalue weighted by Gasteiger charge is 2.43. The number of benzene rings is 6. The summed E-state index contributed by atoms with van der Waals surface area (Å²) in [5.74, 6) is 0. The normalized spacial score (nSPS) is 13.9. The third-order valence-electron chi connectivity index (χ3n) is 12.5. The first-order valence-electron chi connectivity index (χ1n) is 22.3. The van der Waals surface area contributed by atoms with E-state index in [-0.39, 0.29) is 36.8 Å². The second-order valence-corrected chi connectivity index (χ2v) is 27.5. The fourth-order valence-electron chi connectivity index (χ4n) is 8.90. The Bertz CT molecular complexity index is 2860. The Labute approximate surface area is 379 Å². The van der Waals surface area contributed by atoms with Gasteiger partial charge in [-0.25, -0.2) is 8.42 Å². The zero-order valence-electron chi connectivity index (χ0n) is 41.2. The van der Waals surface area contributed by atoms with Crippen LogP contribution in [-0.4, -0.2) is 23.1 Å². The lowest BCUT2D eigenvalue weighted by Gasteiger charge is -2.32. The SMILES string of the molecule is CC(C)(C)c1cc(C(C)(C)C)c2cc(-c3c([P+](O)(O)O)ccc(S(=O)(=O)c4ccccc4)c3-c3cc4c(C(C)(C)C)cc(C(C)(C)C)cc4cc3C(C)(C)C)c(C(C)(C)C)cc2c1. The first-order chi connectivity index (χ1) is 28.4. The summed E-state index contributed by atoms with van der Waals surface area (Å²) >= 11 is 0. The van der Waals surface area contributed by atoms with Crippen LogP contribution in [0.3, 0.4) is 0 Å². The van der Waals surface area contributed by atoms with Gasteiger partial charge in [0.1, 0.15) is 0 Å². The van der Waals surface area contributed by atoms with Gasteiger partial charge >= 0.3 is 7.94 Å². The summed E-state index contributed by atoms with van der Waals surface area (Å²) < 4.78 is 30.8. The molecule has 7 heteroatoms. The summed E-state index contributed by atoms with van der Waals surface area (Å²) in [5, 5.41) is 3.95. The zero-order valence-corrected chi connectivity index (χ0v) is 42.9. The number of hydrogen-bond donors (Lipinski definition) is 3. The fraction of sp³-hybridized carbons (Fsp3) is 0.429. The van der Waals surface area contributed by atoms with E-state index in [2.05, 4.69) is 173 Å². The molecule has 0 saturated heterocycles. The average molecular weight is 888 g/mol. The molecule has 3 N–H and O–H groups in total. The molecule has 0 aliphatic rings. The highest BCUT2D eigenvalue weighted by atomic mass is 32.2. The first-order valence-corrected chi connectivity index (χ1v) is 25.4. The van der Waals surface area contributed by atoms with Gasteiger partial charge in [-0.3, -0.25) is 0 Å². The van der Waals surface area contributed by atoms with Crippen LogP contribution in [0, 0.1) is 0 Å².